The highest BCUT2D eigenvalue weighted by molar-refractivity contribution is 6.31. The molecule has 0 radical (unpaired) electrons. The van der Waals surface area contributed by atoms with E-state index in [1.54, 1.807) is 0 Å². The van der Waals surface area contributed by atoms with Crippen molar-refractivity contribution in [1.29, 1.82) is 0 Å². The van der Waals surface area contributed by atoms with E-state index >= 15 is 0 Å². The van der Waals surface area contributed by atoms with Crippen LogP contribution in [-0.4, -0.2) is 56.6 Å². The molecule has 2 atom stereocenters. The molecule has 130 valence electrons. The fraction of sp³-hybridized carbons (Fsp3) is 0.667. The van der Waals surface area contributed by atoms with Crippen LogP contribution >= 0.6 is 11.6 Å². The molecule has 1 aliphatic heterocycles. The van der Waals surface area contributed by atoms with Crippen molar-refractivity contribution in [3.05, 3.63) is 28.8 Å². The van der Waals surface area contributed by atoms with Crippen LogP contribution in [0, 0.1) is 0 Å². The highest BCUT2D eigenvalue weighted by Gasteiger charge is 2.21. The Balaban J connectivity index is 1.59. The first-order valence-corrected chi connectivity index (χ1v) is 8.83. The van der Waals surface area contributed by atoms with E-state index in [4.69, 9.17) is 25.8 Å². The smallest absolute Gasteiger partial charge is 0.119 e. The largest absolute Gasteiger partial charge is 0.491 e. The first-order chi connectivity index (χ1) is 11.1. The van der Waals surface area contributed by atoms with Gasteiger partial charge in [0.2, 0.25) is 0 Å². The Labute approximate surface area is 144 Å². The summed E-state index contributed by atoms with van der Waals surface area (Å²) >= 11 is 6.10. The zero-order valence-electron chi connectivity index (χ0n) is 14.4. The van der Waals surface area contributed by atoms with Crippen molar-refractivity contribution in [2.24, 2.45) is 0 Å². The summed E-state index contributed by atoms with van der Waals surface area (Å²) in [7, 11) is 0. The molecule has 0 N–H and O–H groups in total. The van der Waals surface area contributed by atoms with Crippen molar-refractivity contribution < 1.29 is 14.2 Å². The van der Waals surface area contributed by atoms with E-state index in [0.29, 0.717) is 25.4 Å². The number of ether oxygens (including phenoxy) is 3. The molecule has 0 aromatic heterocycles. The highest BCUT2D eigenvalue weighted by Crippen LogP contribution is 2.22. The monoisotopic (exact) mass is 341 g/mol. The zero-order valence-corrected chi connectivity index (χ0v) is 15.1. The second kappa shape index (κ2) is 9.48. The van der Waals surface area contributed by atoms with Gasteiger partial charge in [-0.05, 0) is 44.0 Å². The lowest BCUT2D eigenvalue weighted by atomic mass is 10.1. The second-order valence-corrected chi connectivity index (χ2v) is 6.49. The molecule has 1 saturated heterocycles. The maximum absolute atomic E-state index is 6.10. The minimum Gasteiger partial charge on any atom is -0.491 e. The van der Waals surface area contributed by atoms with Gasteiger partial charge in [-0.1, -0.05) is 18.5 Å². The van der Waals surface area contributed by atoms with Crippen LogP contribution in [0.5, 0.6) is 5.75 Å². The number of rotatable bonds is 8. The van der Waals surface area contributed by atoms with Gasteiger partial charge in [-0.25, -0.2) is 0 Å². The van der Waals surface area contributed by atoms with E-state index in [1.165, 1.54) is 0 Å². The van der Waals surface area contributed by atoms with Crippen LogP contribution in [-0.2, 0) is 15.9 Å². The second-order valence-electron chi connectivity index (χ2n) is 6.08. The van der Waals surface area contributed by atoms with Crippen molar-refractivity contribution in [3.63, 3.8) is 0 Å². The van der Waals surface area contributed by atoms with Gasteiger partial charge in [0, 0.05) is 24.7 Å². The van der Waals surface area contributed by atoms with E-state index in [9.17, 15) is 0 Å². The number of nitrogens with zero attached hydrogens (tertiary/aromatic N) is 1. The van der Waals surface area contributed by atoms with E-state index in [2.05, 4.69) is 25.7 Å². The van der Waals surface area contributed by atoms with Gasteiger partial charge in [-0.15, -0.1) is 0 Å². The van der Waals surface area contributed by atoms with Crippen LogP contribution in [0.15, 0.2) is 18.2 Å². The quantitative estimate of drug-likeness (QED) is 0.678. The number of aryl methyl sites for hydroxylation is 1. The maximum atomic E-state index is 6.10. The third-order valence-corrected chi connectivity index (χ3v) is 4.31. The van der Waals surface area contributed by atoms with Gasteiger partial charge in [-0.3, -0.25) is 4.90 Å². The van der Waals surface area contributed by atoms with Crippen molar-refractivity contribution in [2.75, 3.05) is 39.5 Å². The average Bonchev–Trinajstić information content (AvgIpc) is 2.51. The number of hydrogen-bond donors (Lipinski definition) is 0. The van der Waals surface area contributed by atoms with Gasteiger partial charge in [0.25, 0.3) is 0 Å². The Bertz CT molecular complexity index is 473. The molecule has 0 spiro atoms. The summed E-state index contributed by atoms with van der Waals surface area (Å²) in [5.41, 5.74) is 1.11. The minimum absolute atomic E-state index is 0.305. The molecule has 0 aliphatic carbocycles. The van der Waals surface area contributed by atoms with Gasteiger partial charge >= 0.3 is 0 Å². The van der Waals surface area contributed by atoms with Crippen molar-refractivity contribution in [1.82, 2.24) is 4.90 Å². The van der Waals surface area contributed by atoms with Gasteiger partial charge in [0.05, 0.1) is 25.4 Å². The van der Waals surface area contributed by atoms with E-state index in [1.807, 2.05) is 18.2 Å². The van der Waals surface area contributed by atoms with Crippen LogP contribution < -0.4 is 4.74 Å². The predicted molar refractivity (Wildman–Crippen MR) is 93.6 cm³/mol. The third kappa shape index (κ3) is 6.30. The molecule has 1 fully saturated rings. The van der Waals surface area contributed by atoms with Gasteiger partial charge in [0.1, 0.15) is 12.4 Å². The van der Waals surface area contributed by atoms with Gasteiger partial charge in [0.15, 0.2) is 0 Å². The van der Waals surface area contributed by atoms with Crippen molar-refractivity contribution >= 4 is 11.6 Å². The molecule has 0 amide bonds. The molecule has 0 saturated carbocycles. The van der Waals surface area contributed by atoms with Crippen LogP contribution in [0.25, 0.3) is 0 Å². The molecule has 0 bridgehead atoms. The fourth-order valence-electron chi connectivity index (χ4n) is 2.89. The molecule has 23 heavy (non-hydrogen) atoms. The normalized spacial score (nSPS) is 22.3. The van der Waals surface area contributed by atoms with Crippen molar-refractivity contribution in [3.8, 4) is 5.75 Å². The Morgan fingerprint density at radius 1 is 1.17 bits per heavy atom. The Hall–Kier alpha value is -0.810. The molecular weight excluding hydrogens is 314 g/mol. The molecule has 2 rings (SSSR count). The lowest BCUT2D eigenvalue weighted by molar-refractivity contribution is -0.0734. The van der Waals surface area contributed by atoms with E-state index < -0.39 is 0 Å². The van der Waals surface area contributed by atoms with Gasteiger partial charge < -0.3 is 14.2 Å². The van der Waals surface area contributed by atoms with Crippen LogP contribution in [0.2, 0.25) is 5.02 Å². The first-order valence-electron chi connectivity index (χ1n) is 8.45. The van der Waals surface area contributed by atoms with E-state index in [0.717, 1.165) is 49.0 Å². The standard InChI is InChI=1S/C18H28ClNO3/c1-4-16-11-17(5-6-18(16)19)22-10-9-21-8-7-20-12-14(2)23-15(3)13-20/h5-6,11,14-15H,4,7-10,12-13H2,1-3H3/t14-,15-/m0/s1. The molecule has 1 aromatic carbocycles. The molecule has 5 heteroatoms. The molecule has 1 aliphatic rings. The highest BCUT2D eigenvalue weighted by atomic mass is 35.5. The summed E-state index contributed by atoms with van der Waals surface area (Å²) in [5, 5.41) is 0.796. The molecule has 4 nitrogen and oxygen atoms in total. The summed E-state index contributed by atoms with van der Waals surface area (Å²) in [4.78, 5) is 2.40. The van der Waals surface area contributed by atoms with Crippen LogP contribution in [0.3, 0.4) is 0 Å². The van der Waals surface area contributed by atoms with Crippen LogP contribution in [0.1, 0.15) is 26.3 Å². The van der Waals surface area contributed by atoms with Gasteiger partial charge in [-0.2, -0.15) is 0 Å². The molecular formula is C18H28ClNO3. The Morgan fingerprint density at radius 2 is 1.91 bits per heavy atom. The predicted octanol–water partition coefficient (Wildman–Crippen LogP) is 3.41. The Kier molecular flexibility index (Phi) is 7.63. The number of benzene rings is 1. The summed E-state index contributed by atoms with van der Waals surface area (Å²) in [6, 6.07) is 5.79. The van der Waals surface area contributed by atoms with Crippen molar-refractivity contribution in [2.45, 2.75) is 39.4 Å². The SMILES string of the molecule is CCc1cc(OCCOCCN2C[C@H](C)O[C@@H](C)C2)ccc1Cl. The number of halogens is 1. The Morgan fingerprint density at radius 3 is 2.61 bits per heavy atom. The maximum Gasteiger partial charge on any atom is 0.119 e. The number of hydrogen-bond acceptors (Lipinski definition) is 4. The number of morpholine rings is 1. The molecule has 1 heterocycles. The molecule has 0 unspecified atom stereocenters. The van der Waals surface area contributed by atoms with E-state index in [-0.39, 0.29) is 0 Å². The average molecular weight is 342 g/mol. The zero-order chi connectivity index (χ0) is 16.7. The first kappa shape index (κ1) is 18.5. The third-order valence-electron chi connectivity index (χ3n) is 3.94. The summed E-state index contributed by atoms with van der Waals surface area (Å²) < 4.78 is 17.1. The lowest BCUT2D eigenvalue weighted by Gasteiger charge is -2.35. The topological polar surface area (TPSA) is 30.9 Å². The summed E-state index contributed by atoms with van der Waals surface area (Å²) in [6.07, 6.45) is 1.52. The fourth-order valence-corrected chi connectivity index (χ4v) is 3.14. The summed E-state index contributed by atoms with van der Waals surface area (Å²) in [5.74, 6) is 0.852. The molecule has 1 aromatic rings. The minimum atomic E-state index is 0.305. The lowest BCUT2D eigenvalue weighted by Crippen LogP contribution is -2.46. The van der Waals surface area contributed by atoms with Crippen LogP contribution in [0.4, 0.5) is 0 Å². The summed E-state index contributed by atoms with van der Waals surface area (Å²) in [6.45, 7) is 11.1.